The van der Waals surface area contributed by atoms with Crippen molar-refractivity contribution in [2.75, 3.05) is 14.1 Å². The average molecular weight is 327 g/mol. The van der Waals surface area contributed by atoms with Gasteiger partial charge in [-0.05, 0) is 76.3 Å². The maximum absolute atomic E-state index is 2.20. The Labute approximate surface area is 145 Å². The average Bonchev–Trinajstić information content (AvgIpc) is 3.01. The van der Waals surface area contributed by atoms with Crippen molar-refractivity contribution in [1.29, 1.82) is 0 Å². The van der Waals surface area contributed by atoms with Crippen LogP contribution in [-0.2, 0) is 17.1 Å². The molecule has 2 aliphatic rings. The molecule has 2 fully saturated rings. The number of nitrogens with zero attached hydrogens (tertiary/aromatic N) is 1. The summed E-state index contributed by atoms with van der Waals surface area (Å²) in [6.45, 7) is 13.2. The van der Waals surface area contributed by atoms with Gasteiger partial charge in [0.2, 0.25) is 0 Å². The van der Waals surface area contributed by atoms with Gasteiger partial charge >= 0.3 is 17.1 Å². The Hall–Kier alpha value is 0.479. The molecule has 0 aromatic carbocycles. The van der Waals surface area contributed by atoms with Gasteiger partial charge < -0.3 is 4.90 Å². The molecule has 1 nitrogen and oxygen atoms in total. The zero-order chi connectivity index (χ0) is 15.4. The van der Waals surface area contributed by atoms with Crippen LogP contribution in [-0.4, -0.2) is 25.0 Å². The molecule has 0 spiro atoms. The Morgan fingerprint density at radius 2 is 1.00 bits per heavy atom. The molecule has 0 unspecified atom stereocenters. The van der Waals surface area contributed by atoms with E-state index in [1.54, 1.807) is 0 Å². The van der Waals surface area contributed by atoms with E-state index >= 15 is 0 Å². The third-order valence-electron chi connectivity index (χ3n) is 4.76. The van der Waals surface area contributed by atoms with Crippen LogP contribution in [0.1, 0.15) is 41.5 Å². The van der Waals surface area contributed by atoms with Gasteiger partial charge in [0.25, 0.3) is 0 Å². The fraction of sp³-hybridized carbons (Fsp3) is 0.474. The molecule has 0 N–H and O–H groups in total. The van der Waals surface area contributed by atoms with Crippen molar-refractivity contribution in [3.05, 3.63) is 61.2 Å². The van der Waals surface area contributed by atoms with Gasteiger partial charge in [-0.25, -0.2) is 0 Å². The summed E-state index contributed by atoms with van der Waals surface area (Å²) in [5.41, 5.74) is 0. The van der Waals surface area contributed by atoms with E-state index in [0.717, 1.165) is 0 Å². The van der Waals surface area contributed by atoms with E-state index in [4.69, 9.17) is 0 Å². The van der Waals surface area contributed by atoms with E-state index in [-0.39, 0.29) is 17.1 Å². The molecule has 21 heavy (non-hydrogen) atoms. The summed E-state index contributed by atoms with van der Waals surface area (Å²) in [6, 6.07) is 0.537. The van der Waals surface area contributed by atoms with Crippen LogP contribution in [0.4, 0.5) is 0 Å². The van der Waals surface area contributed by atoms with Crippen molar-refractivity contribution in [3.63, 3.8) is 0 Å². The smallest absolute Gasteiger partial charge is 0.306 e. The zero-order valence-electron chi connectivity index (χ0n) is 14.7. The first-order valence-electron chi connectivity index (χ1n) is 7.35. The molecule has 0 heterocycles. The van der Waals surface area contributed by atoms with Gasteiger partial charge in [-0.15, -0.1) is 0 Å². The van der Waals surface area contributed by atoms with Gasteiger partial charge in [-0.3, -0.25) is 0 Å². The Kier molecular flexibility index (Phi) is 9.80. The standard InChI is InChI=1S/C10H15.C9H14N.Fe/c1-6-7(2)9(4)10(5)8(6)3;1-8(10(2)3)9-6-4-5-7-9;/h1-5H3;4-8H,1-3H3;/q;;+2/t;8-;/m.1./s1. The van der Waals surface area contributed by atoms with Crippen LogP contribution in [0.3, 0.4) is 0 Å². The topological polar surface area (TPSA) is 3.24 Å². The number of hydrogen-bond donors (Lipinski definition) is 0. The van der Waals surface area contributed by atoms with Gasteiger partial charge in [-0.2, -0.15) is 0 Å². The number of hydrogen-bond acceptors (Lipinski definition) is 1. The van der Waals surface area contributed by atoms with Crippen molar-refractivity contribution in [2.24, 2.45) is 0 Å². The first-order valence-corrected chi connectivity index (χ1v) is 7.35. The van der Waals surface area contributed by atoms with Gasteiger partial charge in [-0.1, -0.05) is 34.6 Å². The molecule has 0 amide bonds. The summed E-state index contributed by atoms with van der Waals surface area (Å²) in [7, 11) is 4.19. The first kappa shape index (κ1) is 21.5. The monoisotopic (exact) mass is 327 g/mol. The minimum Gasteiger partial charge on any atom is -0.306 e. The minimum absolute atomic E-state index is 0. The van der Waals surface area contributed by atoms with E-state index in [1.807, 2.05) is 0 Å². The normalized spacial score (nSPS) is 25.0. The fourth-order valence-electron chi connectivity index (χ4n) is 2.37. The van der Waals surface area contributed by atoms with Crippen LogP contribution in [0.2, 0.25) is 0 Å². The molecule has 1 atom stereocenters. The summed E-state index contributed by atoms with van der Waals surface area (Å²) in [5.74, 6) is 8.73. The maximum Gasteiger partial charge on any atom is 2.00 e. The second kappa shape index (κ2) is 9.58. The minimum atomic E-state index is 0. The van der Waals surface area contributed by atoms with E-state index < -0.39 is 0 Å². The Morgan fingerprint density at radius 3 is 1.24 bits per heavy atom. The molecule has 10 radical (unpaired) electrons. The molecule has 0 aromatic rings. The van der Waals surface area contributed by atoms with E-state index in [2.05, 4.69) is 86.2 Å². The summed E-state index contributed by atoms with van der Waals surface area (Å²) in [4.78, 5) is 2.20. The molecular formula is C19H29FeN+2. The summed E-state index contributed by atoms with van der Waals surface area (Å²) in [6.07, 6.45) is 8.47. The zero-order valence-corrected chi connectivity index (χ0v) is 15.8. The third-order valence-corrected chi connectivity index (χ3v) is 4.76. The van der Waals surface area contributed by atoms with Crippen molar-refractivity contribution < 1.29 is 17.1 Å². The molecule has 0 saturated heterocycles. The second-order valence-electron chi connectivity index (χ2n) is 5.98. The predicted octanol–water partition coefficient (Wildman–Crippen LogP) is 4.31. The first-order chi connectivity index (χ1) is 9.27. The molecule has 2 heteroatoms. The van der Waals surface area contributed by atoms with Crippen LogP contribution in [0, 0.1) is 61.2 Å². The van der Waals surface area contributed by atoms with Crippen LogP contribution in [0.5, 0.6) is 0 Å². The molecule has 2 rings (SSSR count). The van der Waals surface area contributed by atoms with Crippen molar-refractivity contribution in [1.82, 2.24) is 4.90 Å². The van der Waals surface area contributed by atoms with Gasteiger partial charge in [0.05, 0.1) is 0 Å². The van der Waals surface area contributed by atoms with E-state index in [0.29, 0.717) is 6.04 Å². The third kappa shape index (κ3) is 5.56. The van der Waals surface area contributed by atoms with E-state index in [1.165, 1.54) is 35.5 Å². The van der Waals surface area contributed by atoms with Gasteiger partial charge in [0, 0.05) is 12.0 Å². The molecular weight excluding hydrogens is 298 g/mol. The largest absolute Gasteiger partial charge is 2.00 e. The quantitative estimate of drug-likeness (QED) is 0.683. The fourth-order valence-corrected chi connectivity index (χ4v) is 2.37. The maximum atomic E-state index is 2.20. The molecule has 116 valence electrons. The van der Waals surface area contributed by atoms with Crippen molar-refractivity contribution >= 4 is 0 Å². The Bertz CT molecular complexity index is 223. The SMILES string of the molecule is C[C@H]([C]1[CH][CH][CH][CH]1)N(C)C.C[C]1[C](C)[C](C)[C](C)[C]1C.[Fe+2]. The van der Waals surface area contributed by atoms with E-state index in [9.17, 15) is 0 Å². The van der Waals surface area contributed by atoms with Crippen LogP contribution in [0.25, 0.3) is 0 Å². The molecule has 0 bridgehead atoms. The summed E-state index contributed by atoms with van der Waals surface area (Å²) < 4.78 is 0. The second-order valence-corrected chi connectivity index (χ2v) is 5.98. The predicted molar refractivity (Wildman–Crippen MR) is 88.2 cm³/mol. The van der Waals surface area contributed by atoms with Crippen molar-refractivity contribution in [2.45, 2.75) is 47.6 Å². The molecule has 0 aliphatic heterocycles. The molecule has 2 saturated carbocycles. The van der Waals surface area contributed by atoms with Gasteiger partial charge in [0.1, 0.15) is 0 Å². The van der Waals surface area contributed by atoms with Crippen LogP contribution >= 0.6 is 0 Å². The number of rotatable bonds is 2. The Morgan fingerprint density at radius 1 is 0.714 bits per heavy atom. The summed E-state index contributed by atoms with van der Waals surface area (Å²) >= 11 is 0. The van der Waals surface area contributed by atoms with Crippen molar-refractivity contribution in [3.8, 4) is 0 Å². The molecule has 2 aliphatic carbocycles. The molecule has 0 aromatic heterocycles. The van der Waals surface area contributed by atoms with Crippen LogP contribution in [0.15, 0.2) is 0 Å². The Balaban J connectivity index is 0.000000364. The summed E-state index contributed by atoms with van der Waals surface area (Å²) in [5, 5.41) is 0. The van der Waals surface area contributed by atoms with Gasteiger partial charge in [0.15, 0.2) is 0 Å². The van der Waals surface area contributed by atoms with Crippen LogP contribution < -0.4 is 0 Å².